The van der Waals surface area contributed by atoms with E-state index in [0.717, 1.165) is 11.3 Å². The van der Waals surface area contributed by atoms with E-state index in [-0.39, 0.29) is 12.0 Å². The Kier molecular flexibility index (Phi) is 4.97. The highest BCUT2D eigenvalue weighted by molar-refractivity contribution is 5.69. The molecule has 1 aromatic rings. The van der Waals surface area contributed by atoms with Gasteiger partial charge in [0, 0.05) is 12.6 Å². The van der Waals surface area contributed by atoms with E-state index in [1.807, 2.05) is 31.2 Å². The number of hydrogen-bond donors (Lipinski definition) is 2. The van der Waals surface area contributed by atoms with E-state index in [4.69, 9.17) is 9.84 Å². The summed E-state index contributed by atoms with van der Waals surface area (Å²) < 4.78 is 5.08. The van der Waals surface area contributed by atoms with Crippen molar-refractivity contribution in [3.05, 3.63) is 29.8 Å². The van der Waals surface area contributed by atoms with Crippen LogP contribution in [0.2, 0.25) is 0 Å². The topological polar surface area (TPSA) is 58.6 Å². The van der Waals surface area contributed by atoms with Crippen LogP contribution in [0.4, 0.5) is 0 Å². The minimum Gasteiger partial charge on any atom is -0.497 e. The minimum atomic E-state index is -0.778. The molecule has 1 aromatic carbocycles. The second-order valence-electron chi connectivity index (χ2n) is 4.14. The lowest BCUT2D eigenvalue weighted by atomic mass is 10.1. The summed E-state index contributed by atoms with van der Waals surface area (Å²) in [7, 11) is 1.63. The van der Waals surface area contributed by atoms with E-state index in [2.05, 4.69) is 5.32 Å². The number of ether oxygens (including phenoxy) is 1. The van der Waals surface area contributed by atoms with Crippen molar-refractivity contribution in [2.75, 3.05) is 13.7 Å². The second kappa shape index (κ2) is 6.25. The molecule has 0 heterocycles. The number of aliphatic carboxylic acids is 1. The van der Waals surface area contributed by atoms with Crippen LogP contribution in [0.15, 0.2) is 24.3 Å². The van der Waals surface area contributed by atoms with E-state index in [0.29, 0.717) is 6.54 Å². The third-order valence-electron chi connectivity index (χ3n) is 2.77. The fraction of sp³-hybridized carbons (Fsp3) is 0.462. The van der Waals surface area contributed by atoms with E-state index in [1.165, 1.54) is 0 Å². The Labute approximate surface area is 102 Å². The van der Waals surface area contributed by atoms with Crippen molar-refractivity contribution in [3.8, 4) is 5.75 Å². The number of rotatable bonds is 6. The molecular formula is C13H19NO3. The first-order chi connectivity index (χ1) is 8.04. The number of carboxylic acid groups (broad SMARTS) is 1. The minimum absolute atomic E-state index is 0.128. The van der Waals surface area contributed by atoms with Crippen molar-refractivity contribution < 1.29 is 14.6 Å². The van der Waals surface area contributed by atoms with Crippen LogP contribution in [-0.2, 0) is 4.79 Å². The summed E-state index contributed by atoms with van der Waals surface area (Å²) in [6.07, 6.45) is 0. The first kappa shape index (κ1) is 13.5. The molecule has 0 radical (unpaired) electrons. The van der Waals surface area contributed by atoms with Crippen LogP contribution < -0.4 is 10.1 Å². The number of carbonyl (C=O) groups is 1. The van der Waals surface area contributed by atoms with Crippen molar-refractivity contribution in [1.29, 1.82) is 0 Å². The summed E-state index contributed by atoms with van der Waals surface area (Å²) in [4.78, 5) is 10.7. The Bertz CT molecular complexity index is 361. The molecule has 0 amide bonds. The van der Waals surface area contributed by atoms with Gasteiger partial charge in [0.1, 0.15) is 5.75 Å². The van der Waals surface area contributed by atoms with Crippen molar-refractivity contribution >= 4 is 5.97 Å². The van der Waals surface area contributed by atoms with Gasteiger partial charge in [-0.2, -0.15) is 0 Å². The van der Waals surface area contributed by atoms with E-state index >= 15 is 0 Å². The van der Waals surface area contributed by atoms with Crippen molar-refractivity contribution in [2.24, 2.45) is 5.92 Å². The lowest BCUT2D eigenvalue weighted by molar-refractivity contribution is -0.140. The molecule has 0 aliphatic heterocycles. The predicted octanol–water partition coefficient (Wildman–Crippen LogP) is 2.07. The average Bonchev–Trinajstić information content (AvgIpc) is 2.35. The second-order valence-corrected chi connectivity index (χ2v) is 4.14. The number of hydrogen-bond acceptors (Lipinski definition) is 3. The zero-order chi connectivity index (χ0) is 12.8. The molecule has 0 aromatic heterocycles. The van der Waals surface area contributed by atoms with Gasteiger partial charge in [-0.1, -0.05) is 19.1 Å². The van der Waals surface area contributed by atoms with Crippen molar-refractivity contribution in [1.82, 2.24) is 5.32 Å². The van der Waals surface area contributed by atoms with Crippen LogP contribution >= 0.6 is 0 Å². The van der Waals surface area contributed by atoms with Gasteiger partial charge in [-0.15, -0.1) is 0 Å². The third-order valence-corrected chi connectivity index (χ3v) is 2.77. The molecule has 0 saturated carbocycles. The lowest BCUT2D eigenvalue weighted by Gasteiger charge is -2.16. The van der Waals surface area contributed by atoms with Gasteiger partial charge in [0.2, 0.25) is 0 Å². The molecule has 0 saturated heterocycles. The van der Waals surface area contributed by atoms with Gasteiger partial charge in [0.25, 0.3) is 0 Å². The first-order valence-electron chi connectivity index (χ1n) is 5.64. The largest absolute Gasteiger partial charge is 0.497 e. The van der Waals surface area contributed by atoms with Crippen molar-refractivity contribution in [2.45, 2.75) is 19.9 Å². The Morgan fingerprint density at radius 1 is 1.35 bits per heavy atom. The van der Waals surface area contributed by atoms with Crippen LogP contribution in [-0.4, -0.2) is 24.7 Å². The maximum absolute atomic E-state index is 10.7. The molecule has 17 heavy (non-hydrogen) atoms. The molecule has 0 bridgehead atoms. The first-order valence-corrected chi connectivity index (χ1v) is 5.64. The van der Waals surface area contributed by atoms with Gasteiger partial charge >= 0.3 is 5.97 Å². The third kappa shape index (κ3) is 4.07. The fourth-order valence-electron chi connectivity index (χ4n) is 1.45. The highest BCUT2D eigenvalue weighted by atomic mass is 16.5. The highest BCUT2D eigenvalue weighted by Crippen LogP contribution is 2.17. The predicted molar refractivity (Wildman–Crippen MR) is 66.2 cm³/mol. The van der Waals surface area contributed by atoms with Gasteiger partial charge in [-0.05, 0) is 24.6 Å². The molecule has 4 nitrogen and oxygen atoms in total. The normalized spacial score (nSPS) is 14.1. The summed E-state index contributed by atoms with van der Waals surface area (Å²) in [6.45, 7) is 4.16. The Balaban J connectivity index is 2.51. The molecule has 1 unspecified atom stereocenters. The van der Waals surface area contributed by atoms with E-state index in [1.54, 1.807) is 14.0 Å². The fourth-order valence-corrected chi connectivity index (χ4v) is 1.45. The molecule has 0 fully saturated rings. The standard InChI is InChI=1S/C13H19NO3/c1-9(13(15)16)8-14-10(2)11-4-6-12(17-3)7-5-11/h4-7,9-10,14H,8H2,1-3H3,(H,15,16)/t9?,10-/m1/s1. The van der Waals surface area contributed by atoms with E-state index in [9.17, 15) is 4.79 Å². The van der Waals surface area contributed by atoms with Gasteiger partial charge in [-0.3, -0.25) is 4.79 Å². The van der Waals surface area contributed by atoms with Gasteiger partial charge in [0.15, 0.2) is 0 Å². The Morgan fingerprint density at radius 3 is 2.41 bits per heavy atom. The lowest BCUT2D eigenvalue weighted by Crippen LogP contribution is -2.28. The number of methoxy groups -OCH3 is 1. The Morgan fingerprint density at radius 2 is 1.94 bits per heavy atom. The van der Waals surface area contributed by atoms with E-state index < -0.39 is 5.97 Å². The molecule has 1 rings (SSSR count). The van der Waals surface area contributed by atoms with Gasteiger partial charge < -0.3 is 15.2 Å². The zero-order valence-electron chi connectivity index (χ0n) is 10.4. The monoisotopic (exact) mass is 237 g/mol. The zero-order valence-corrected chi connectivity index (χ0v) is 10.4. The van der Waals surface area contributed by atoms with Crippen LogP contribution in [0, 0.1) is 5.92 Å². The molecule has 2 N–H and O–H groups in total. The van der Waals surface area contributed by atoms with Crippen LogP contribution in [0.1, 0.15) is 25.5 Å². The molecule has 4 heteroatoms. The summed E-state index contributed by atoms with van der Waals surface area (Å²) in [5, 5.41) is 12.0. The highest BCUT2D eigenvalue weighted by Gasteiger charge is 2.12. The summed E-state index contributed by atoms with van der Waals surface area (Å²) in [5.74, 6) is -0.338. The molecule has 94 valence electrons. The quantitative estimate of drug-likeness (QED) is 0.795. The molecule has 0 aliphatic carbocycles. The average molecular weight is 237 g/mol. The van der Waals surface area contributed by atoms with Crippen LogP contribution in [0.25, 0.3) is 0 Å². The van der Waals surface area contributed by atoms with Gasteiger partial charge in [-0.25, -0.2) is 0 Å². The molecule has 2 atom stereocenters. The Hall–Kier alpha value is -1.55. The number of carboxylic acids is 1. The van der Waals surface area contributed by atoms with Crippen LogP contribution in [0.3, 0.4) is 0 Å². The van der Waals surface area contributed by atoms with Crippen molar-refractivity contribution in [3.63, 3.8) is 0 Å². The maximum Gasteiger partial charge on any atom is 0.307 e. The SMILES string of the molecule is COc1ccc([C@@H](C)NCC(C)C(=O)O)cc1. The maximum atomic E-state index is 10.7. The number of benzene rings is 1. The number of nitrogens with one attached hydrogen (secondary N) is 1. The summed E-state index contributed by atoms with van der Waals surface area (Å²) in [5.41, 5.74) is 1.11. The summed E-state index contributed by atoms with van der Waals surface area (Å²) >= 11 is 0. The molecule has 0 spiro atoms. The van der Waals surface area contributed by atoms with Gasteiger partial charge in [0.05, 0.1) is 13.0 Å². The van der Waals surface area contributed by atoms with Crippen LogP contribution in [0.5, 0.6) is 5.75 Å². The molecular weight excluding hydrogens is 218 g/mol. The molecule has 0 aliphatic rings. The smallest absolute Gasteiger partial charge is 0.307 e. The summed E-state index contributed by atoms with van der Waals surface area (Å²) in [6, 6.07) is 7.87.